The number of aromatic amines is 1. The molecule has 1 aliphatic rings. The number of methoxy groups -OCH3 is 1. The Bertz CT molecular complexity index is 658. The molecule has 1 aromatic heterocycles. The van der Waals surface area contributed by atoms with E-state index in [2.05, 4.69) is 20.3 Å². The number of anilines is 1. The number of carbonyl (C=O) groups excluding carboxylic acids is 2. The van der Waals surface area contributed by atoms with Gasteiger partial charge in [-0.3, -0.25) is 9.89 Å². The van der Waals surface area contributed by atoms with Gasteiger partial charge in [-0.25, -0.2) is 4.79 Å². The predicted octanol–water partition coefficient (Wildman–Crippen LogP) is 1.70. The Balaban J connectivity index is 1.93. The van der Waals surface area contributed by atoms with Crippen LogP contribution in [0.4, 0.5) is 5.69 Å². The number of benzene rings is 1. The van der Waals surface area contributed by atoms with Gasteiger partial charge in [0.05, 0.1) is 12.6 Å². The van der Waals surface area contributed by atoms with Gasteiger partial charge in [-0.05, 0) is 31.0 Å². The Labute approximate surface area is 109 Å². The largest absolute Gasteiger partial charge is 0.464 e. The van der Waals surface area contributed by atoms with E-state index in [1.54, 1.807) is 18.2 Å². The SMILES string of the molecule is COC(=O)c1n[nH]c2ccc(NC(=O)C3CC3)cc12. The number of hydrogen-bond donors (Lipinski definition) is 2. The van der Waals surface area contributed by atoms with Gasteiger partial charge in [0.1, 0.15) is 0 Å². The van der Waals surface area contributed by atoms with Gasteiger partial charge < -0.3 is 10.1 Å². The molecule has 1 amide bonds. The zero-order valence-corrected chi connectivity index (χ0v) is 10.4. The summed E-state index contributed by atoms with van der Waals surface area (Å²) in [6.07, 6.45) is 1.90. The third kappa shape index (κ3) is 2.16. The second-order valence-electron chi connectivity index (χ2n) is 4.59. The van der Waals surface area contributed by atoms with Gasteiger partial charge in [-0.15, -0.1) is 0 Å². The third-order valence-electron chi connectivity index (χ3n) is 3.16. The lowest BCUT2D eigenvalue weighted by molar-refractivity contribution is -0.117. The summed E-state index contributed by atoms with van der Waals surface area (Å²) in [6, 6.07) is 5.28. The minimum Gasteiger partial charge on any atom is -0.464 e. The first kappa shape index (κ1) is 11.7. The molecule has 0 unspecified atom stereocenters. The number of amides is 1. The van der Waals surface area contributed by atoms with E-state index in [-0.39, 0.29) is 17.5 Å². The van der Waals surface area contributed by atoms with Gasteiger partial charge in [0.25, 0.3) is 0 Å². The fraction of sp³-hybridized carbons (Fsp3) is 0.308. The van der Waals surface area contributed by atoms with E-state index in [1.807, 2.05) is 0 Å². The van der Waals surface area contributed by atoms with E-state index in [4.69, 9.17) is 0 Å². The minimum absolute atomic E-state index is 0.0301. The van der Waals surface area contributed by atoms with Crippen LogP contribution in [0.15, 0.2) is 18.2 Å². The molecule has 0 bridgehead atoms. The lowest BCUT2D eigenvalue weighted by Gasteiger charge is -2.04. The summed E-state index contributed by atoms with van der Waals surface area (Å²) in [5, 5.41) is 10.2. The van der Waals surface area contributed by atoms with Crippen molar-refractivity contribution in [2.75, 3.05) is 12.4 Å². The number of ether oxygens (including phenoxy) is 1. The highest BCUT2D eigenvalue weighted by molar-refractivity contribution is 6.04. The maximum absolute atomic E-state index is 11.7. The van der Waals surface area contributed by atoms with Crippen molar-refractivity contribution in [2.24, 2.45) is 5.92 Å². The Hall–Kier alpha value is -2.37. The van der Waals surface area contributed by atoms with E-state index >= 15 is 0 Å². The Morgan fingerprint density at radius 3 is 2.89 bits per heavy atom. The smallest absolute Gasteiger partial charge is 0.359 e. The molecule has 6 nitrogen and oxygen atoms in total. The second-order valence-corrected chi connectivity index (χ2v) is 4.59. The van der Waals surface area contributed by atoms with E-state index in [0.717, 1.165) is 18.4 Å². The average molecular weight is 259 g/mol. The quantitative estimate of drug-likeness (QED) is 0.822. The monoisotopic (exact) mass is 259 g/mol. The number of fused-ring (bicyclic) bond motifs is 1. The summed E-state index contributed by atoms with van der Waals surface area (Å²) >= 11 is 0. The van der Waals surface area contributed by atoms with Crippen molar-refractivity contribution in [2.45, 2.75) is 12.8 Å². The maximum atomic E-state index is 11.7. The number of aromatic nitrogens is 2. The summed E-state index contributed by atoms with van der Waals surface area (Å²) in [7, 11) is 1.31. The fourth-order valence-corrected chi connectivity index (χ4v) is 1.93. The van der Waals surface area contributed by atoms with Crippen LogP contribution in [0.3, 0.4) is 0 Å². The molecule has 6 heteroatoms. The Kier molecular flexibility index (Phi) is 2.70. The number of carbonyl (C=O) groups is 2. The Morgan fingerprint density at radius 2 is 2.21 bits per heavy atom. The second kappa shape index (κ2) is 4.38. The van der Waals surface area contributed by atoms with Crippen LogP contribution in [0.1, 0.15) is 23.3 Å². The van der Waals surface area contributed by atoms with E-state index in [0.29, 0.717) is 11.1 Å². The van der Waals surface area contributed by atoms with Crippen LogP contribution < -0.4 is 5.32 Å². The molecule has 0 spiro atoms. The molecule has 1 heterocycles. The first-order chi connectivity index (χ1) is 9.19. The Morgan fingerprint density at radius 1 is 1.42 bits per heavy atom. The number of hydrogen-bond acceptors (Lipinski definition) is 4. The zero-order valence-electron chi connectivity index (χ0n) is 10.4. The molecule has 0 aliphatic heterocycles. The summed E-state index contributed by atoms with van der Waals surface area (Å²) in [4.78, 5) is 23.2. The molecule has 98 valence electrons. The van der Waals surface area contributed by atoms with Crippen molar-refractivity contribution in [1.82, 2.24) is 10.2 Å². The van der Waals surface area contributed by atoms with Crippen molar-refractivity contribution in [1.29, 1.82) is 0 Å². The van der Waals surface area contributed by atoms with Crippen molar-refractivity contribution < 1.29 is 14.3 Å². The topological polar surface area (TPSA) is 84.1 Å². The van der Waals surface area contributed by atoms with E-state index in [9.17, 15) is 9.59 Å². The molecular formula is C13H13N3O3. The molecular weight excluding hydrogens is 246 g/mol. The number of esters is 1. The van der Waals surface area contributed by atoms with Crippen LogP contribution in [0.25, 0.3) is 10.9 Å². The molecule has 3 rings (SSSR count). The molecule has 1 fully saturated rings. The third-order valence-corrected chi connectivity index (χ3v) is 3.16. The van der Waals surface area contributed by atoms with Crippen LogP contribution in [0, 0.1) is 5.92 Å². The standard InChI is InChI=1S/C13H13N3O3/c1-19-13(18)11-9-6-8(4-5-10(9)15-16-11)14-12(17)7-2-3-7/h4-7H,2-3H2,1H3,(H,14,17)(H,15,16). The predicted molar refractivity (Wildman–Crippen MR) is 68.8 cm³/mol. The summed E-state index contributed by atoms with van der Waals surface area (Å²) < 4.78 is 4.66. The average Bonchev–Trinajstić information content (AvgIpc) is 3.18. The summed E-state index contributed by atoms with van der Waals surface area (Å²) in [6.45, 7) is 0. The molecule has 0 atom stereocenters. The minimum atomic E-state index is -0.503. The van der Waals surface area contributed by atoms with Crippen molar-refractivity contribution in [3.8, 4) is 0 Å². The van der Waals surface area contributed by atoms with Crippen LogP contribution in [-0.2, 0) is 9.53 Å². The van der Waals surface area contributed by atoms with Gasteiger partial charge in [0.15, 0.2) is 5.69 Å². The summed E-state index contributed by atoms with van der Waals surface area (Å²) in [5.41, 5.74) is 1.61. The highest BCUT2D eigenvalue weighted by Gasteiger charge is 2.29. The van der Waals surface area contributed by atoms with E-state index in [1.165, 1.54) is 7.11 Å². The number of nitrogens with zero attached hydrogens (tertiary/aromatic N) is 1. The lowest BCUT2D eigenvalue weighted by Crippen LogP contribution is -2.13. The molecule has 1 aliphatic carbocycles. The van der Waals surface area contributed by atoms with Gasteiger partial charge in [0.2, 0.25) is 5.91 Å². The number of rotatable bonds is 3. The number of nitrogens with one attached hydrogen (secondary N) is 2. The molecule has 2 aromatic rings. The summed E-state index contributed by atoms with van der Waals surface area (Å²) in [5.74, 6) is -0.334. The zero-order chi connectivity index (χ0) is 13.4. The molecule has 1 saturated carbocycles. The van der Waals surface area contributed by atoms with Crippen molar-refractivity contribution >= 4 is 28.5 Å². The van der Waals surface area contributed by atoms with Crippen LogP contribution in [0.2, 0.25) is 0 Å². The molecule has 0 saturated heterocycles. The van der Waals surface area contributed by atoms with E-state index < -0.39 is 5.97 Å². The van der Waals surface area contributed by atoms with Crippen molar-refractivity contribution in [3.63, 3.8) is 0 Å². The van der Waals surface area contributed by atoms with Gasteiger partial charge in [-0.2, -0.15) is 5.10 Å². The molecule has 2 N–H and O–H groups in total. The van der Waals surface area contributed by atoms with Crippen LogP contribution in [0.5, 0.6) is 0 Å². The van der Waals surface area contributed by atoms with Gasteiger partial charge >= 0.3 is 5.97 Å². The fourth-order valence-electron chi connectivity index (χ4n) is 1.93. The highest BCUT2D eigenvalue weighted by atomic mass is 16.5. The van der Waals surface area contributed by atoms with Crippen LogP contribution >= 0.6 is 0 Å². The first-order valence-corrected chi connectivity index (χ1v) is 6.06. The van der Waals surface area contributed by atoms with Crippen molar-refractivity contribution in [3.05, 3.63) is 23.9 Å². The number of H-pyrrole nitrogens is 1. The normalized spacial score (nSPS) is 14.4. The molecule has 19 heavy (non-hydrogen) atoms. The van der Waals surface area contributed by atoms with Gasteiger partial charge in [-0.1, -0.05) is 0 Å². The highest BCUT2D eigenvalue weighted by Crippen LogP contribution is 2.30. The van der Waals surface area contributed by atoms with Gasteiger partial charge in [0, 0.05) is 17.0 Å². The maximum Gasteiger partial charge on any atom is 0.359 e. The molecule has 0 radical (unpaired) electrons. The van der Waals surface area contributed by atoms with Crippen LogP contribution in [-0.4, -0.2) is 29.2 Å². The first-order valence-electron chi connectivity index (χ1n) is 6.06. The molecule has 1 aromatic carbocycles. The lowest BCUT2D eigenvalue weighted by atomic mass is 10.2.